The van der Waals surface area contributed by atoms with E-state index < -0.39 is 5.60 Å². The minimum Gasteiger partial charge on any atom is -0.383 e. The van der Waals surface area contributed by atoms with Gasteiger partial charge in [-0.25, -0.2) is 4.98 Å². The average Bonchev–Trinajstić information content (AvgIpc) is 3.15. The Labute approximate surface area is 137 Å². The molecule has 23 heavy (non-hydrogen) atoms. The number of thiazole rings is 1. The molecule has 0 saturated carbocycles. The highest BCUT2D eigenvalue weighted by molar-refractivity contribution is 7.20. The first kappa shape index (κ1) is 14.4. The lowest BCUT2D eigenvalue weighted by Crippen LogP contribution is -2.39. The fourth-order valence-electron chi connectivity index (χ4n) is 3.12. The molecule has 1 unspecified atom stereocenters. The molecule has 4 rings (SSSR count). The second-order valence-electron chi connectivity index (χ2n) is 5.86. The fraction of sp³-hybridized carbons (Fsp3) is 0.222. The maximum Gasteiger partial charge on any atom is 0.280 e. The van der Waals surface area contributed by atoms with Gasteiger partial charge in [0.15, 0.2) is 5.01 Å². The lowest BCUT2D eigenvalue weighted by Gasteiger charge is -2.24. The number of para-hydroxylation sites is 1. The molecule has 4 nitrogen and oxygen atoms in total. The average molecular weight is 324 g/mol. The highest BCUT2D eigenvalue weighted by Gasteiger charge is 2.36. The van der Waals surface area contributed by atoms with Gasteiger partial charge >= 0.3 is 0 Å². The van der Waals surface area contributed by atoms with Crippen LogP contribution in [0.15, 0.2) is 48.5 Å². The van der Waals surface area contributed by atoms with Crippen LogP contribution in [-0.4, -0.2) is 22.5 Å². The lowest BCUT2D eigenvalue weighted by atomic mass is 9.96. The smallest absolute Gasteiger partial charge is 0.280 e. The normalized spacial score (nSPS) is 19.7. The van der Waals surface area contributed by atoms with Crippen molar-refractivity contribution in [3.8, 4) is 0 Å². The molecule has 0 saturated heterocycles. The lowest BCUT2D eigenvalue weighted by molar-refractivity contribution is 0.0369. The van der Waals surface area contributed by atoms with Crippen molar-refractivity contribution >= 4 is 27.5 Å². The van der Waals surface area contributed by atoms with Crippen LogP contribution in [0.5, 0.6) is 0 Å². The van der Waals surface area contributed by atoms with Gasteiger partial charge in [-0.2, -0.15) is 0 Å². The van der Waals surface area contributed by atoms with Crippen LogP contribution >= 0.6 is 11.3 Å². The summed E-state index contributed by atoms with van der Waals surface area (Å²) in [6.45, 7) is 0.207. The molecule has 5 heteroatoms. The van der Waals surface area contributed by atoms with Crippen LogP contribution in [0.4, 0.5) is 0 Å². The van der Waals surface area contributed by atoms with Gasteiger partial charge in [-0.15, -0.1) is 11.3 Å². The molecular formula is C18H16N2O2S. The van der Waals surface area contributed by atoms with Crippen molar-refractivity contribution < 1.29 is 9.90 Å². The van der Waals surface area contributed by atoms with Crippen LogP contribution in [-0.2, 0) is 12.0 Å². The molecule has 2 N–H and O–H groups in total. The molecule has 0 bridgehead atoms. The van der Waals surface area contributed by atoms with Gasteiger partial charge in [-0.3, -0.25) is 4.79 Å². The molecule has 1 aliphatic rings. The number of fused-ring (bicyclic) bond motifs is 2. The number of hydrogen-bond donors (Lipinski definition) is 2. The Hall–Kier alpha value is -2.24. The van der Waals surface area contributed by atoms with Gasteiger partial charge in [0, 0.05) is 0 Å². The maximum atomic E-state index is 12.4. The number of aliphatic hydroxyl groups is 1. The maximum absolute atomic E-state index is 12.4. The zero-order valence-corrected chi connectivity index (χ0v) is 13.3. The zero-order valence-electron chi connectivity index (χ0n) is 12.5. The summed E-state index contributed by atoms with van der Waals surface area (Å²) in [5, 5.41) is 14.1. The molecule has 1 aromatic heterocycles. The second kappa shape index (κ2) is 5.44. The molecule has 0 spiro atoms. The summed E-state index contributed by atoms with van der Waals surface area (Å²) < 4.78 is 0.988. The molecule has 2 aromatic carbocycles. The number of nitrogens with zero attached hydrogens (tertiary/aromatic N) is 1. The molecule has 1 amide bonds. The standard InChI is InChI=1S/C18H16N2O2S/c21-16(17-20-14-7-3-4-8-15(14)23-17)19-11-18(22)10-9-12-5-1-2-6-13(12)18/h1-8,22H,9-11H2,(H,19,21). The quantitative estimate of drug-likeness (QED) is 0.779. The van der Waals surface area contributed by atoms with Gasteiger partial charge in [-0.1, -0.05) is 36.4 Å². The Morgan fingerprint density at radius 1 is 1.22 bits per heavy atom. The van der Waals surface area contributed by atoms with Crippen molar-refractivity contribution in [2.75, 3.05) is 6.54 Å². The molecule has 1 atom stereocenters. The van der Waals surface area contributed by atoms with E-state index in [-0.39, 0.29) is 12.5 Å². The van der Waals surface area contributed by atoms with Crippen LogP contribution < -0.4 is 5.32 Å². The van der Waals surface area contributed by atoms with Crippen molar-refractivity contribution in [3.05, 3.63) is 64.7 Å². The van der Waals surface area contributed by atoms with Crippen molar-refractivity contribution in [2.24, 2.45) is 0 Å². The van der Waals surface area contributed by atoms with Crippen LogP contribution in [0, 0.1) is 0 Å². The molecule has 3 aromatic rings. The number of aromatic nitrogens is 1. The number of rotatable bonds is 3. The summed E-state index contributed by atoms with van der Waals surface area (Å²) in [7, 11) is 0. The largest absolute Gasteiger partial charge is 0.383 e. The third-order valence-corrected chi connectivity index (χ3v) is 5.39. The number of hydrogen-bond acceptors (Lipinski definition) is 4. The van der Waals surface area contributed by atoms with Gasteiger partial charge in [0.2, 0.25) is 0 Å². The van der Waals surface area contributed by atoms with Gasteiger partial charge in [-0.05, 0) is 36.1 Å². The van der Waals surface area contributed by atoms with Gasteiger partial charge in [0.25, 0.3) is 5.91 Å². The topological polar surface area (TPSA) is 62.2 Å². The minimum absolute atomic E-state index is 0.207. The monoisotopic (exact) mass is 324 g/mol. The number of carbonyl (C=O) groups excluding carboxylic acids is 1. The first-order valence-corrected chi connectivity index (χ1v) is 8.42. The van der Waals surface area contributed by atoms with Gasteiger partial charge in [0.1, 0.15) is 5.60 Å². The number of carbonyl (C=O) groups is 1. The highest BCUT2D eigenvalue weighted by atomic mass is 32.1. The predicted molar refractivity (Wildman–Crippen MR) is 90.6 cm³/mol. The Morgan fingerprint density at radius 2 is 2.00 bits per heavy atom. The van der Waals surface area contributed by atoms with Crippen molar-refractivity contribution in [1.82, 2.24) is 10.3 Å². The molecule has 0 fully saturated rings. The first-order chi connectivity index (χ1) is 11.2. The van der Waals surface area contributed by atoms with Crippen molar-refractivity contribution in [2.45, 2.75) is 18.4 Å². The van der Waals surface area contributed by atoms with E-state index in [1.165, 1.54) is 11.3 Å². The first-order valence-electron chi connectivity index (χ1n) is 7.60. The molecule has 0 aliphatic heterocycles. The Morgan fingerprint density at radius 3 is 2.87 bits per heavy atom. The highest BCUT2D eigenvalue weighted by Crippen LogP contribution is 2.36. The van der Waals surface area contributed by atoms with E-state index in [0.717, 1.165) is 27.8 Å². The summed E-state index contributed by atoms with van der Waals surface area (Å²) in [5.41, 5.74) is 1.92. The molecule has 116 valence electrons. The van der Waals surface area contributed by atoms with Crippen LogP contribution in [0.1, 0.15) is 27.3 Å². The summed E-state index contributed by atoms with van der Waals surface area (Å²) in [6, 6.07) is 15.5. The van der Waals surface area contributed by atoms with Crippen molar-refractivity contribution in [3.63, 3.8) is 0 Å². The summed E-state index contributed by atoms with van der Waals surface area (Å²) in [4.78, 5) is 16.7. The minimum atomic E-state index is -0.983. The van der Waals surface area contributed by atoms with E-state index >= 15 is 0 Å². The van der Waals surface area contributed by atoms with Gasteiger partial charge in [0.05, 0.1) is 16.8 Å². The Kier molecular flexibility index (Phi) is 3.39. The van der Waals surface area contributed by atoms with Gasteiger partial charge < -0.3 is 10.4 Å². The number of aryl methyl sites for hydroxylation is 1. The summed E-state index contributed by atoms with van der Waals surface area (Å²) >= 11 is 1.37. The third-order valence-electron chi connectivity index (χ3n) is 4.36. The van der Waals surface area contributed by atoms with Crippen LogP contribution in [0.3, 0.4) is 0 Å². The Bertz CT molecular complexity index is 856. The fourth-order valence-corrected chi connectivity index (χ4v) is 4.01. The predicted octanol–water partition coefficient (Wildman–Crippen LogP) is 2.86. The Balaban J connectivity index is 1.52. The zero-order chi connectivity index (χ0) is 15.9. The van der Waals surface area contributed by atoms with E-state index in [1.807, 2.05) is 48.5 Å². The van der Waals surface area contributed by atoms with E-state index in [1.54, 1.807) is 0 Å². The summed E-state index contributed by atoms with van der Waals surface area (Å²) in [6.07, 6.45) is 1.47. The van der Waals surface area contributed by atoms with Crippen LogP contribution in [0.2, 0.25) is 0 Å². The summed E-state index contributed by atoms with van der Waals surface area (Å²) in [5.74, 6) is -0.232. The van der Waals surface area contributed by atoms with E-state index in [2.05, 4.69) is 10.3 Å². The number of nitrogens with one attached hydrogen (secondary N) is 1. The SMILES string of the molecule is O=C(NCC1(O)CCc2ccccc21)c1nc2ccccc2s1. The van der Waals surface area contributed by atoms with Crippen molar-refractivity contribution in [1.29, 1.82) is 0 Å². The molecule has 0 radical (unpaired) electrons. The van der Waals surface area contributed by atoms with E-state index in [9.17, 15) is 9.90 Å². The molecular weight excluding hydrogens is 308 g/mol. The van der Waals surface area contributed by atoms with Crippen LogP contribution in [0.25, 0.3) is 10.2 Å². The second-order valence-corrected chi connectivity index (χ2v) is 6.89. The third kappa shape index (κ3) is 2.52. The number of amides is 1. The molecule has 1 heterocycles. The molecule has 1 aliphatic carbocycles. The number of benzene rings is 2. The van der Waals surface area contributed by atoms with E-state index in [0.29, 0.717) is 11.4 Å². The van der Waals surface area contributed by atoms with E-state index in [4.69, 9.17) is 0 Å².